The Balaban J connectivity index is 2.17. The monoisotopic (exact) mass is 332 g/mol. The van der Waals surface area contributed by atoms with Crippen LogP contribution in [0.15, 0.2) is 40.9 Å². The predicted octanol–water partition coefficient (Wildman–Crippen LogP) is 3.24. The van der Waals surface area contributed by atoms with E-state index < -0.39 is 4.92 Å². The second-order valence-electron chi connectivity index (χ2n) is 3.88. The molecule has 1 aromatic heterocycles. The molecule has 1 N–H and O–H groups in total. The molecule has 0 atom stereocenters. The predicted molar refractivity (Wildman–Crippen MR) is 77.1 cm³/mol. The molecule has 0 saturated carbocycles. The number of rotatable bonds is 4. The fraction of sp³-hybridized carbons (Fsp3) is 0.0769. The highest BCUT2D eigenvalue weighted by Gasteiger charge is 2.15. The van der Waals surface area contributed by atoms with Crippen molar-refractivity contribution in [2.24, 2.45) is 0 Å². The summed E-state index contributed by atoms with van der Waals surface area (Å²) in [4.78, 5) is 14.0. The zero-order valence-electron chi connectivity index (χ0n) is 10.2. The van der Waals surface area contributed by atoms with Crippen LogP contribution in [0.3, 0.4) is 0 Å². The molecule has 0 unspecified atom stereocenters. The van der Waals surface area contributed by atoms with Crippen molar-refractivity contribution in [2.75, 3.05) is 5.32 Å². The number of aromatic nitrogens is 1. The molecule has 2 rings (SSSR count). The van der Waals surface area contributed by atoms with Gasteiger partial charge in [-0.3, -0.25) is 10.1 Å². The van der Waals surface area contributed by atoms with Crippen LogP contribution >= 0.6 is 15.9 Å². The first-order valence-corrected chi connectivity index (χ1v) is 6.44. The molecule has 0 aliphatic heterocycles. The van der Waals surface area contributed by atoms with Crippen molar-refractivity contribution in [2.45, 2.75) is 6.54 Å². The standard InChI is InChI=1S/C13H9BrN4O2/c14-10-4-2-1-3-9(10)8-16-13-6-5-12(18(19)20)11(7-15)17-13/h1-6H,8H2,(H,16,17). The molecule has 0 fully saturated rings. The first kappa shape index (κ1) is 14.0. The summed E-state index contributed by atoms with van der Waals surface area (Å²) >= 11 is 3.43. The van der Waals surface area contributed by atoms with Crippen LogP contribution in [0.4, 0.5) is 11.5 Å². The Bertz CT molecular complexity index is 697. The summed E-state index contributed by atoms with van der Waals surface area (Å²) in [6.07, 6.45) is 0. The lowest BCUT2D eigenvalue weighted by Crippen LogP contribution is -2.04. The summed E-state index contributed by atoms with van der Waals surface area (Å²) in [5.74, 6) is 0.419. The van der Waals surface area contributed by atoms with Crippen LogP contribution in [0.1, 0.15) is 11.3 Å². The zero-order valence-corrected chi connectivity index (χ0v) is 11.8. The van der Waals surface area contributed by atoms with E-state index >= 15 is 0 Å². The Morgan fingerprint density at radius 2 is 2.10 bits per heavy atom. The molecule has 0 aliphatic carbocycles. The molecule has 0 saturated heterocycles. The van der Waals surface area contributed by atoms with Gasteiger partial charge in [0.1, 0.15) is 11.9 Å². The molecule has 0 bridgehead atoms. The molecule has 0 spiro atoms. The minimum absolute atomic E-state index is 0.202. The van der Waals surface area contributed by atoms with Gasteiger partial charge in [-0.25, -0.2) is 4.98 Å². The van der Waals surface area contributed by atoms with Gasteiger partial charge < -0.3 is 5.32 Å². The minimum atomic E-state index is -0.622. The lowest BCUT2D eigenvalue weighted by atomic mass is 10.2. The van der Waals surface area contributed by atoms with Crippen molar-refractivity contribution < 1.29 is 4.92 Å². The number of hydrogen-bond donors (Lipinski definition) is 1. The van der Waals surface area contributed by atoms with Crippen LogP contribution < -0.4 is 5.32 Å². The van der Waals surface area contributed by atoms with Gasteiger partial charge in [0.25, 0.3) is 0 Å². The minimum Gasteiger partial charge on any atom is -0.366 e. The molecule has 1 aromatic carbocycles. The average Bonchev–Trinajstić information content (AvgIpc) is 2.46. The highest BCUT2D eigenvalue weighted by Crippen LogP contribution is 2.20. The maximum absolute atomic E-state index is 10.7. The number of nitrogens with one attached hydrogen (secondary N) is 1. The number of nitrogens with zero attached hydrogens (tertiary/aromatic N) is 3. The summed E-state index contributed by atoms with van der Waals surface area (Å²) in [5.41, 5.74) is 0.525. The van der Waals surface area contributed by atoms with Crippen LogP contribution in [0.5, 0.6) is 0 Å². The summed E-state index contributed by atoms with van der Waals surface area (Å²) in [6.45, 7) is 0.497. The van der Waals surface area contributed by atoms with E-state index in [1.54, 1.807) is 6.07 Å². The number of hydrogen-bond acceptors (Lipinski definition) is 5. The van der Waals surface area contributed by atoms with Gasteiger partial charge in [-0.15, -0.1) is 0 Å². The van der Waals surface area contributed by atoms with E-state index in [4.69, 9.17) is 5.26 Å². The van der Waals surface area contributed by atoms with E-state index in [0.717, 1.165) is 10.0 Å². The van der Waals surface area contributed by atoms with Gasteiger partial charge in [-0.1, -0.05) is 34.1 Å². The van der Waals surface area contributed by atoms with Crippen LogP contribution in [-0.2, 0) is 6.54 Å². The molecule has 6 nitrogen and oxygen atoms in total. The van der Waals surface area contributed by atoms with Gasteiger partial charge in [-0.2, -0.15) is 5.26 Å². The Morgan fingerprint density at radius 3 is 2.75 bits per heavy atom. The van der Waals surface area contributed by atoms with Crippen LogP contribution in [-0.4, -0.2) is 9.91 Å². The molecule has 2 aromatic rings. The van der Waals surface area contributed by atoms with Gasteiger partial charge in [0.05, 0.1) is 4.92 Å². The van der Waals surface area contributed by atoms with Crippen LogP contribution in [0.25, 0.3) is 0 Å². The normalized spacial score (nSPS) is 9.80. The summed E-state index contributed by atoms with van der Waals surface area (Å²) in [7, 11) is 0. The largest absolute Gasteiger partial charge is 0.366 e. The van der Waals surface area contributed by atoms with Crippen LogP contribution in [0, 0.1) is 21.4 Å². The molecule has 0 amide bonds. The third kappa shape index (κ3) is 3.10. The molecular weight excluding hydrogens is 324 g/mol. The van der Waals surface area contributed by atoms with E-state index in [1.807, 2.05) is 24.3 Å². The van der Waals surface area contributed by atoms with Gasteiger partial charge in [-0.05, 0) is 17.7 Å². The molecule has 100 valence electrons. The number of pyridine rings is 1. The maximum Gasteiger partial charge on any atom is 0.305 e. The Kier molecular flexibility index (Phi) is 4.27. The summed E-state index contributed by atoms with van der Waals surface area (Å²) in [5, 5.41) is 22.6. The number of halogens is 1. The molecule has 20 heavy (non-hydrogen) atoms. The number of benzene rings is 1. The first-order chi connectivity index (χ1) is 9.61. The lowest BCUT2D eigenvalue weighted by Gasteiger charge is -2.07. The lowest BCUT2D eigenvalue weighted by molar-refractivity contribution is -0.385. The number of nitriles is 1. The number of anilines is 1. The fourth-order valence-electron chi connectivity index (χ4n) is 1.61. The average molecular weight is 333 g/mol. The van der Waals surface area contributed by atoms with Crippen molar-refractivity contribution in [1.82, 2.24) is 4.98 Å². The molecule has 0 radical (unpaired) electrons. The van der Waals surface area contributed by atoms with Crippen molar-refractivity contribution in [3.63, 3.8) is 0 Å². The van der Waals surface area contributed by atoms with E-state index in [9.17, 15) is 10.1 Å². The molecule has 1 heterocycles. The van der Waals surface area contributed by atoms with Gasteiger partial charge in [0, 0.05) is 17.1 Å². The van der Waals surface area contributed by atoms with Gasteiger partial charge in [0.2, 0.25) is 5.69 Å². The zero-order chi connectivity index (χ0) is 14.5. The van der Waals surface area contributed by atoms with Crippen molar-refractivity contribution >= 4 is 27.4 Å². The first-order valence-electron chi connectivity index (χ1n) is 5.64. The molecule has 0 aliphatic rings. The van der Waals surface area contributed by atoms with E-state index in [2.05, 4.69) is 26.2 Å². The van der Waals surface area contributed by atoms with Gasteiger partial charge >= 0.3 is 5.69 Å². The Morgan fingerprint density at radius 1 is 1.35 bits per heavy atom. The SMILES string of the molecule is N#Cc1nc(NCc2ccccc2Br)ccc1[N+](=O)[O-]. The second-order valence-corrected chi connectivity index (χ2v) is 4.73. The summed E-state index contributed by atoms with van der Waals surface area (Å²) < 4.78 is 0.954. The smallest absolute Gasteiger partial charge is 0.305 e. The van der Waals surface area contributed by atoms with Gasteiger partial charge in [0.15, 0.2) is 0 Å². The van der Waals surface area contributed by atoms with Crippen LogP contribution in [0.2, 0.25) is 0 Å². The highest BCUT2D eigenvalue weighted by atomic mass is 79.9. The summed E-state index contributed by atoms with van der Waals surface area (Å²) in [6, 6.07) is 12.2. The number of nitro groups is 1. The topological polar surface area (TPSA) is 91.8 Å². The van der Waals surface area contributed by atoms with Crippen molar-refractivity contribution in [1.29, 1.82) is 5.26 Å². The fourth-order valence-corrected chi connectivity index (χ4v) is 2.03. The Labute approximate surface area is 123 Å². The Hall–Kier alpha value is -2.46. The molecular formula is C13H9BrN4O2. The second kappa shape index (κ2) is 6.12. The molecule has 7 heteroatoms. The van der Waals surface area contributed by atoms with E-state index in [0.29, 0.717) is 12.4 Å². The highest BCUT2D eigenvalue weighted by molar-refractivity contribution is 9.10. The quantitative estimate of drug-likeness (QED) is 0.685. The third-order valence-electron chi connectivity index (χ3n) is 2.59. The van der Waals surface area contributed by atoms with Crippen molar-refractivity contribution in [3.05, 3.63) is 62.2 Å². The van der Waals surface area contributed by atoms with Crippen molar-refractivity contribution in [3.8, 4) is 6.07 Å². The third-order valence-corrected chi connectivity index (χ3v) is 3.37. The van der Waals surface area contributed by atoms with E-state index in [-0.39, 0.29) is 11.4 Å². The maximum atomic E-state index is 10.7. The van der Waals surface area contributed by atoms with E-state index in [1.165, 1.54) is 12.1 Å².